The van der Waals surface area contributed by atoms with Gasteiger partial charge in [-0.3, -0.25) is 9.59 Å². The Kier molecular flexibility index (Phi) is 10.3. The number of methoxy groups -OCH3 is 2. The molecule has 0 spiro atoms. The van der Waals surface area contributed by atoms with Crippen LogP contribution in [0.15, 0.2) is 60.0 Å². The molecule has 2 heterocycles. The molecule has 220 valence electrons. The number of ether oxygens (including phenoxy) is 3. The first-order valence-corrected chi connectivity index (χ1v) is 14.1. The summed E-state index contributed by atoms with van der Waals surface area (Å²) in [5.41, 5.74) is 0.190. The van der Waals surface area contributed by atoms with E-state index in [0.29, 0.717) is 37.6 Å². The Bertz CT molecular complexity index is 1290. The third kappa shape index (κ3) is 8.23. The minimum absolute atomic E-state index is 0.0823. The molecule has 1 atom stereocenters. The Hall–Kier alpha value is -3.57. The molecule has 1 aliphatic rings. The molecule has 2 amide bonds. The number of carbonyl (C=O) groups excluding carboxylic acids is 2. The van der Waals surface area contributed by atoms with Crippen LogP contribution >= 0.6 is 11.3 Å². The molecule has 7 nitrogen and oxygen atoms in total. The third-order valence-electron chi connectivity index (χ3n) is 6.92. The van der Waals surface area contributed by atoms with Crippen LogP contribution in [0.4, 0.5) is 13.2 Å². The molecule has 0 bridgehead atoms. The van der Waals surface area contributed by atoms with Crippen LogP contribution in [-0.2, 0) is 28.7 Å². The molecule has 0 saturated carbocycles. The highest BCUT2D eigenvalue weighted by molar-refractivity contribution is 7.09. The van der Waals surface area contributed by atoms with E-state index in [1.807, 2.05) is 35.7 Å². The van der Waals surface area contributed by atoms with Crippen molar-refractivity contribution >= 4 is 23.2 Å². The lowest BCUT2D eigenvalue weighted by Gasteiger charge is -2.29. The Balaban J connectivity index is 1.53. The molecule has 1 saturated heterocycles. The van der Waals surface area contributed by atoms with E-state index in [-0.39, 0.29) is 30.7 Å². The fraction of sp³-hybridized carbons (Fsp3) is 0.400. The molecule has 41 heavy (non-hydrogen) atoms. The number of rotatable bonds is 12. The third-order valence-corrected chi connectivity index (χ3v) is 7.78. The highest BCUT2D eigenvalue weighted by atomic mass is 32.1. The van der Waals surface area contributed by atoms with E-state index < -0.39 is 17.6 Å². The fourth-order valence-electron chi connectivity index (χ4n) is 4.68. The van der Waals surface area contributed by atoms with E-state index in [0.717, 1.165) is 47.5 Å². The molecule has 1 aromatic heterocycles. The van der Waals surface area contributed by atoms with Crippen LogP contribution in [0.1, 0.15) is 39.2 Å². The molecule has 1 aliphatic heterocycles. The fourth-order valence-corrected chi connectivity index (χ4v) is 5.40. The molecule has 1 unspecified atom stereocenters. The number of benzene rings is 2. The van der Waals surface area contributed by atoms with Crippen molar-refractivity contribution in [3.8, 4) is 11.5 Å². The largest absolute Gasteiger partial charge is 0.493 e. The normalized spacial score (nSPS) is 15.0. The van der Waals surface area contributed by atoms with Gasteiger partial charge < -0.3 is 24.0 Å². The maximum atomic E-state index is 13.7. The predicted molar refractivity (Wildman–Crippen MR) is 149 cm³/mol. The number of nitrogens with zero attached hydrogens (tertiary/aromatic N) is 2. The summed E-state index contributed by atoms with van der Waals surface area (Å²) in [5, 5.41) is 1.93. The van der Waals surface area contributed by atoms with Gasteiger partial charge in [0.1, 0.15) is 6.54 Å². The average molecular weight is 591 g/mol. The standard InChI is InChI=1S/C30H33F3N2O5S/c1-38-26-12-7-21(17-27(26)39-2)13-14-34(19-25-6-4-16-41-25)28(36)20-35(18-24-5-3-15-40-24)29(37)22-8-10-23(11-9-22)30(31,32)33/h4,6-12,16-17,24H,3,5,13-15,18-20H2,1-2H3. The van der Waals surface area contributed by atoms with E-state index >= 15 is 0 Å². The number of carbonyl (C=O) groups is 2. The van der Waals surface area contributed by atoms with Gasteiger partial charge in [0.25, 0.3) is 5.91 Å². The van der Waals surface area contributed by atoms with Gasteiger partial charge in [0.2, 0.25) is 5.91 Å². The summed E-state index contributed by atoms with van der Waals surface area (Å²) in [4.78, 5) is 31.3. The van der Waals surface area contributed by atoms with E-state index in [1.165, 1.54) is 16.2 Å². The smallest absolute Gasteiger partial charge is 0.416 e. The van der Waals surface area contributed by atoms with Crippen molar-refractivity contribution in [1.29, 1.82) is 0 Å². The Morgan fingerprint density at radius 1 is 1.02 bits per heavy atom. The number of alkyl halides is 3. The second-order valence-corrected chi connectivity index (χ2v) is 10.8. The first-order valence-electron chi connectivity index (χ1n) is 13.3. The first kappa shape index (κ1) is 30.4. The van der Waals surface area contributed by atoms with Gasteiger partial charge in [-0.05, 0) is 72.7 Å². The summed E-state index contributed by atoms with van der Waals surface area (Å²) in [5.74, 6) is 0.413. The van der Waals surface area contributed by atoms with Crippen LogP contribution in [0.25, 0.3) is 0 Å². The number of halogens is 3. The maximum Gasteiger partial charge on any atom is 0.416 e. The van der Waals surface area contributed by atoms with Crippen LogP contribution in [0.5, 0.6) is 11.5 Å². The van der Waals surface area contributed by atoms with E-state index in [2.05, 4.69) is 0 Å². The lowest BCUT2D eigenvalue weighted by Crippen LogP contribution is -2.45. The number of thiophene rings is 1. The molecular weight excluding hydrogens is 557 g/mol. The van der Waals surface area contributed by atoms with Crippen LogP contribution < -0.4 is 9.47 Å². The topological polar surface area (TPSA) is 68.3 Å². The highest BCUT2D eigenvalue weighted by Gasteiger charge is 2.31. The van der Waals surface area contributed by atoms with Crippen LogP contribution in [0.3, 0.4) is 0 Å². The van der Waals surface area contributed by atoms with Gasteiger partial charge in [-0.25, -0.2) is 0 Å². The predicted octanol–water partition coefficient (Wildman–Crippen LogP) is 5.68. The van der Waals surface area contributed by atoms with E-state index in [1.54, 1.807) is 19.1 Å². The summed E-state index contributed by atoms with van der Waals surface area (Å²) in [6.07, 6.45) is -2.63. The SMILES string of the molecule is COc1ccc(CCN(Cc2cccs2)C(=O)CN(CC2CCCO2)C(=O)c2ccc(C(F)(F)F)cc2)cc1OC. The summed E-state index contributed by atoms with van der Waals surface area (Å²) in [6, 6.07) is 13.5. The van der Waals surface area contributed by atoms with Gasteiger partial charge in [0.05, 0.1) is 32.4 Å². The summed E-state index contributed by atoms with van der Waals surface area (Å²) in [7, 11) is 3.12. The summed E-state index contributed by atoms with van der Waals surface area (Å²) in [6.45, 7) is 1.27. The van der Waals surface area contributed by atoms with Crippen molar-refractivity contribution in [2.24, 2.45) is 0 Å². The summed E-state index contributed by atoms with van der Waals surface area (Å²) >= 11 is 1.53. The maximum absolute atomic E-state index is 13.7. The second-order valence-electron chi connectivity index (χ2n) is 9.73. The quantitative estimate of drug-likeness (QED) is 0.272. The zero-order valence-corrected chi connectivity index (χ0v) is 23.8. The van der Waals surface area contributed by atoms with Crippen molar-refractivity contribution < 1.29 is 37.0 Å². The molecule has 4 rings (SSSR count). The Morgan fingerprint density at radius 3 is 2.39 bits per heavy atom. The molecule has 1 fully saturated rings. The monoisotopic (exact) mass is 590 g/mol. The van der Waals surface area contributed by atoms with Crippen molar-refractivity contribution in [1.82, 2.24) is 9.80 Å². The molecule has 0 radical (unpaired) electrons. The van der Waals surface area contributed by atoms with Gasteiger partial charge in [0.15, 0.2) is 11.5 Å². The van der Waals surface area contributed by atoms with Crippen molar-refractivity contribution in [3.05, 3.63) is 81.5 Å². The van der Waals surface area contributed by atoms with E-state index in [9.17, 15) is 22.8 Å². The Morgan fingerprint density at radius 2 is 1.78 bits per heavy atom. The number of amides is 2. The van der Waals surface area contributed by atoms with Gasteiger partial charge in [0, 0.05) is 30.1 Å². The minimum Gasteiger partial charge on any atom is -0.493 e. The molecular formula is C30H33F3N2O5S. The lowest BCUT2D eigenvalue weighted by molar-refractivity contribution is -0.137. The van der Waals surface area contributed by atoms with E-state index in [4.69, 9.17) is 14.2 Å². The van der Waals surface area contributed by atoms with Crippen LogP contribution in [0, 0.1) is 0 Å². The highest BCUT2D eigenvalue weighted by Crippen LogP contribution is 2.30. The van der Waals surface area contributed by atoms with Crippen molar-refractivity contribution in [2.45, 2.75) is 38.1 Å². The van der Waals surface area contributed by atoms with Crippen LogP contribution in [-0.4, -0.2) is 68.2 Å². The zero-order chi connectivity index (χ0) is 29.4. The molecule has 3 aromatic rings. The number of hydrogen-bond donors (Lipinski definition) is 0. The van der Waals surface area contributed by atoms with Gasteiger partial charge >= 0.3 is 6.18 Å². The molecule has 11 heteroatoms. The zero-order valence-electron chi connectivity index (χ0n) is 23.0. The number of hydrogen-bond acceptors (Lipinski definition) is 6. The van der Waals surface area contributed by atoms with Crippen molar-refractivity contribution in [3.63, 3.8) is 0 Å². The first-order chi connectivity index (χ1) is 19.7. The van der Waals surface area contributed by atoms with Gasteiger partial charge in [-0.1, -0.05) is 12.1 Å². The minimum atomic E-state index is -4.51. The van der Waals surface area contributed by atoms with Crippen molar-refractivity contribution in [2.75, 3.05) is 40.5 Å². The molecule has 0 aliphatic carbocycles. The second kappa shape index (κ2) is 13.9. The molecule has 0 N–H and O–H groups in total. The average Bonchev–Trinajstić information content (AvgIpc) is 3.68. The Labute approximate surface area is 241 Å². The van der Waals surface area contributed by atoms with Crippen LogP contribution in [0.2, 0.25) is 0 Å². The van der Waals surface area contributed by atoms with Gasteiger partial charge in [-0.15, -0.1) is 11.3 Å². The lowest BCUT2D eigenvalue weighted by atomic mass is 10.1. The van der Waals surface area contributed by atoms with Gasteiger partial charge in [-0.2, -0.15) is 13.2 Å². The summed E-state index contributed by atoms with van der Waals surface area (Å²) < 4.78 is 55.6. The molecule has 2 aromatic carbocycles.